The molecule has 0 saturated carbocycles. The summed E-state index contributed by atoms with van der Waals surface area (Å²) < 4.78 is 8.95. The molecular formula is C53H45NO. The monoisotopic (exact) mass is 711 g/mol. The highest BCUT2D eigenvalue weighted by molar-refractivity contribution is 6.09. The lowest BCUT2D eigenvalue weighted by atomic mass is 9.58. The molecule has 2 heteroatoms. The van der Waals surface area contributed by atoms with E-state index in [-0.39, 0.29) is 5.92 Å². The van der Waals surface area contributed by atoms with Crippen molar-refractivity contribution >= 4 is 21.8 Å². The molecular weight excluding hydrogens is 667 g/mol. The van der Waals surface area contributed by atoms with Crippen molar-refractivity contribution in [2.75, 3.05) is 0 Å². The summed E-state index contributed by atoms with van der Waals surface area (Å²) >= 11 is 0. The molecule has 0 saturated heterocycles. The van der Waals surface area contributed by atoms with E-state index in [1.54, 1.807) is 6.26 Å². The maximum Gasteiger partial charge on any atom is 0.131 e. The van der Waals surface area contributed by atoms with E-state index < -0.39 is 5.41 Å². The van der Waals surface area contributed by atoms with Crippen LogP contribution in [0, 0.1) is 0 Å². The quantitative estimate of drug-likeness (QED) is 0.161. The van der Waals surface area contributed by atoms with Crippen LogP contribution < -0.4 is 4.74 Å². The third-order valence-electron chi connectivity index (χ3n) is 11.7. The molecule has 268 valence electrons. The van der Waals surface area contributed by atoms with E-state index in [9.17, 15) is 0 Å². The molecule has 2 aliphatic rings. The van der Waals surface area contributed by atoms with Gasteiger partial charge in [0.25, 0.3) is 0 Å². The lowest BCUT2D eigenvalue weighted by Crippen LogP contribution is -2.35. The van der Waals surface area contributed by atoms with Crippen molar-refractivity contribution in [3.05, 3.63) is 228 Å². The van der Waals surface area contributed by atoms with Gasteiger partial charge in [-0.1, -0.05) is 165 Å². The number of allylic oxidation sites excluding steroid dienone is 8. The normalized spacial score (nSPS) is 19.4. The van der Waals surface area contributed by atoms with Crippen molar-refractivity contribution in [2.24, 2.45) is 0 Å². The number of hydrogen-bond acceptors (Lipinski definition) is 1. The highest BCUT2D eigenvalue weighted by atomic mass is 16.5. The second-order valence-electron chi connectivity index (χ2n) is 14.8. The van der Waals surface area contributed by atoms with Crippen molar-refractivity contribution in [1.29, 1.82) is 0 Å². The third kappa shape index (κ3) is 5.72. The number of fused-ring (bicyclic) bond motifs is 4. The van der Waals surface area contributed by atoms with E-state index in [4.69, 9.17) is 11.3 Å². The van der Waals surface area contributed by atoms with Gasteiger partial charge in [-0.2, -0.15) is 0 Å². The van der Waals surface area contributed by atoms with Crippen LogP contribution in [0.1, 0.15) is 54.9 Å². The number of hydrogen-bond donors (Lipinski definition) is 0. The van der Waals surface area contributed by atoms with Crippen LogP contribution >= 0.6 is 0 Å². The zero-order valence-electron chi connectivity index (χ0n) is 31.6. The molecule has 55 heavy (non-hydrogen) atoms. The Morgan fingerprint density at radius 3 is 2.31 bits per heavy atom. The smallest absolute Gasteiger partial charge is 0.131 e. The summed E-state index contributed by atoms with van der Waals surface area (Å²) in [5, 5.41) is 2.53. The molecule has 2 heterocycles. The standard InChI is InChI=1S/C53H45NO/c1-4-19-40-23-17-28-44(39-21-7-5-8-22-39)52(40)53(37(2)20-15-16-35-55-51-32-14-12-29-48(51)53)47-30-18-27-43(38(47)3)41-33-34-46-45-26-11-13-31-49(45)54(50(46)36-41)42-24-9-6-10-25-42/h5-18,20-26,28-36,43H,2,4,19,27H2,1,3H3/b20-15-,35-16-. The van der Waals surface area contributed by atoms with Crippen LogP contribution in [0.15, 0.2) is 206 Å². The Balaban J connectivity index is 1.35. The molecule has 0 N–H and O–H groups in total. The molecule has 2 atom stereocenters. The van der Waals surface area contributed by atoms with Crippen molar-refractivity contribution in [3.8, 4) is 22.6 Å². The van der Waals surface area contributed by atoms with Gasteiger partial charge in [0.1, 0.15) is 5.75 Å². The van der Waals surface area contributed by atoms with E-state index in [0.717, 1.165) is 36.1 Å². The van der Waals surface area contributed by atoms with Crippen LogP contribution in [0.25, 0.3) is 38.6 Å². The highest BCUT2D eigenvalue weighted by Crippen LogP contribution is 2.56. The number of nitrogens with zero attached hydrogens (tertiary/aromatic N) is 1. The molecule has 7 aromatic rings. The fourth-order valence-electron chi connectivity index (χ4n) is 9.32. The average Bonchev–Trinajstić information content (AvgIpc) is 3.59. The van der Waals surface area contributed by atoms with Crippen LogP contribution in [-0.2, 0) is 11.8 Å². The van der Waals surface area contributed by atoms with E-state index in [1.165, 1.54) is 66.5 Å². The highest BCUT2D eigenvalue weighted by Gasteiger charge is 2.46. The zero-order chi connectivity index (χ0) is 37.4. The number of aryl methyl sites for hydroxylation is 1. The third-order valence-corrected chi connectivity index (χ3v) is 11.7. The molecule has 2 unspecified atom stereocenters. The summed E-state index contributed by atoms with van der Waals surface area (Å²) in [7, 11) is 0. The predicted molar refractivity (Wildman–Crippen MR) is 231 cm³/mol. The summed E-state index contributed by atoms with van der Waals surface area (Å²) in [4.78, 5) is 0. The lowest BCUT2D eigenvalue weighted by Gasteiger charge is -2.43. The minimum Gasteiger partial charge on any atom is -0.465 e. The van der Waals surface area contributed by atoms with Crippen LogP contribution in [0.4, 0.5) is 0 Å². The first-order valence-electron chi connectivity index (χ1n) is 19.5. The molecule has 1 aromatic heterocycles. The van der Waals surface area contributed by atoms with Crippen molar-refractivity contribution in [1.82, 2.24) is 4.57 Å². The minimum absolute atomic E-state index is 0.151. The van der Waals surface area contributed by atoms with Crippen LogP contribution in [0.2, 0.25) is 0 Å². The molecule has 1 aliphatic carbocycles. The number of benzene rings is 6. The van der Waals surface area contributed by atoms with Gasteiger partial charge in [-0.25, -0.2) is 0 Å². The Hall–Kier alpha value is -6.38. The van der Waals surface area contributed by atoms with Gasteiger partial charge >= 0.3 is 0 Å². The maximum absolute atomic E-state index is 6.53. The molecule has 0 amide bonds. The molecule has 0 bridgehead atoms. The number of aromatic nitrogens is 1. The predicted octanol–water partition coefficient (Wildman–Crippen LogP) is 13.8. The molecule has 1 aliphatic heterocycles. The van der Waals surface area contributed by atoms with Gasteiger partial charge < -0.3 is 9.30 Å². The first-order chi connectivity index (χ1) is 27.1. The summed E-state index contributed by atoms with van der Waals surface area (Å²) in [5.41, 5.74) is 13.9. The Bertz CT molecular complexity index is 2690. The van der Waals surface area contributed by atoms with Gasteiger partial charge in [-0.15, -0.1) is 0 Å². The SMILES string of the molecule is C=C1/C=C\C=C/Oc2ccccc2C1(C1=C(C)C(c2ccc3c4ccccc4n(-c4ccccc4)c3c2)CC=C1)c1c(CCC)cccc1-c1ccccc1. The Kier molecular flexibility index (Phi) is 9.04. The van der Waals surface area contributed by atoms with Gasteiger partial charge in [0.05, 0.1) is 22.7 Å². The summed E-state index contributed by atoms with van der Waals surface area (Å²) in [5.74, 6) is 0.983. The molecule has 0 radical (unpaired) electrons. The Morgan fingerprint density at radius 1 is 0.727 bits per heavy atom. The van der Waals surface area contributed by atoms with E-state index in [1.807, 2.05) is 6.08 Å². The van der Waals surface area contributed by atoms with Gasteiger partial charge in [-0.05, 0) is 95.1 Å². The van der Waals surface area contributed by atoms with Gasteiger partial charge in [-0.3, -0.25) is 0 Å². The summed E-state index contributed by atoms with van der Waals surface area (Å²) in [6, 6.07) is 53.0. The molecule has 9 rings (SSSR count). The first-order valence-corrected chi connectivity index (χ1v) is 19.5. The van der Waals surface area contributed by atoms with Crippen molar-refractivity contribution in [2.45, 2.75) is 44.4 Å². The van der Waals surface area contributed by atoms with Crippen LogP contribution in [-0.4, -0.2) is 4.57 Å². The van der Waals surface area contributed by atoms with Crippen molar-refractivity contribution < 1.29 is 4.74 Å². The van der Waals surface area contributed by atoms with Crippen molar-refractivity contribution in [3.63, 3.8) is 0 Å². The van der Waals surface area contributed by atoms with E-state index in [0.29, 0.717) is 0 Å². The largest absolute Gasteiger partial charge is 0.465 e. The molecule has 0 spiro atoms. The Labute approximate surface area is 324 Å². The number of ether oxygens (including phenoxy) is 1. The molecule has 6 aromatic carbocycles. The lowest BCUT2D eigenvalue weighted by molar-refractivity contribution is 0.467. The fourth-order valence-corrected chi connectivity index (χ4v) is 9.32. The van der Waals surface area contributed by atoms with Crippen LogP contribution in [0.5, 0.6) is 5.75 Å². The molecule has 2 nitrogen and oxygen atoms in total. The maximum atomic E-state index is 6.53. The topological polar surface area (TPSA) is 14.2 Å². The first kappa shape index (κ1) is 34.4. The van der Waals surface area contributed by atoms with E-state index >= 15 is 0 Å². The van der Waals surface area contributed by atoms with Gasteiger partial charge in [0, 0.05) is 27.9 Å². The summed E-state index contributed by atoms with van der Waals surface area (Å²) in [6.07, 6.45) is 15.7. The number of rotatable bonds is 7. The minimum atomic E-state index is -0.766. The Morgan fingerprint density at radius 2 is 1.47 bits per heavy atom. The second kappa shape index (κ2) is 14.5. The zero-order valence-corrected chi connectivity index (χ0v) is 31.6. The van der Waals surface area contributed by atoms with Gasteiger partial charge in [0.15, 0.2) is 0 Å². The van der Waals surface area contributed by atoms with Gasteiger partial charge in [0.2, 0.25) is 0 Å². The number of para-hydroxylation sites is 3. The van der Waals surface area contributed by atoms with E-state index in [2.05, 4.69) is 188 Å². The molecule has 0 fully saturated rings. The fraction of sp³-hybridized carbons (Fsp3) is 0.132. The second-order valence-corrected chi connectivity index (χ2v) is 14.8. The van der Waals surface area contributed by atoms with Crippen LogP contribution in [0.3, 0.4) is 0 Å². The summed E-state index contributed by atoms with van der Waals surface area (Å²) in [6.45, 7) is 9.63. The average molecular weight is 712 g/mol.